The van der Waals surface area contributed by atoms with Crippen LogP contribution in [0.2, 0.25) is 0 Å². The average molecular weight is 1450 g/mol. The summed E-state index contributed by atoms with van der Waals surface area (Å²) < 4.78 is 173. The summed E-state index contributed by atoms with van der Waals surface area (Å²) in [5, 5.41) is 0. The van der Waals surface area contributed by atoms with Crippen LogP contribution in [-0.2, 0) is 35.2 Å². The molecule has 544 valence electrons. The Labute approximate surface area is 680 Å². The third-order valence-corrected chi connectivity index (χ3v) is 19.7. The van der Waals surface area contributed by atoms with Crippen molar-refractivity contribution in [3.05, 3.63) is 388 Å². The topological polar surface area (TPSA) is 19.4 Å². The van der Waals surface area contributed by atoms with Gasteiger partial charge in [0.2, 0.25) is 28.5 Å². The molecule has 0 amide bonds. The predicted molar refractivity (Wildman–Crippen MR) is 459 cm³/mol. The van der Waals surface area contributed by atoms with Crippen LogP contribution < -0.4 is 22.8 Å². The van der Waals surface area contributed by atoms with Gasteiger partial charge in [0.15, 0.2) is 31.0 Å². The third kappa shape index (κ3) is 19.0. The van der Waals surface area contributed by atoms with E-state index in [0.29, 0.717) is 50.1 Å². The normalized spacial score (nSPS) is 14.4. The molecule has 5 heterocycles. The standard InChI is InChI=1S/C22H24N.2C21H22N.2C20H20N/c1-15-12-22(23(5)14-18(15)4)21-13-20(16(2)11-17(21)3)19-9-7-6-8-10-19;1-15-10-11-19(18-8-6-5-7-9-18)13-20(15)21-12-16(2)17(3)14-22(21)4;1-15-10-11-21(22(4)14-15)20-13-19(16(2)12-17(20)3)18-8-6-5-7-9-18;1-15-13-16(2)19(20-11-7-8-12-21(20)3)14-18(15)17-9-5-4-6-10-17;1-15-9-12-20(21(3)14-15)19-13-18(11-10-16(19)2)17-7-5-4-6-8-17/h6-14H,1-5H3;2*5-14H,1-4H3;2*4-14H,1-3H3/q5*+1/i2D3,4D3;3D3;1D3,2D3;2*1D3. The van der Waals surface area contributed by atoms with Gasteiger partial charge in [0.1, 0.15) is 35.2 Å². The first-order chi connectivity index (χ1) is 60.9. The lowest BCUT2D eigenvalue weighted by Gasteiger charge is -2.12. The SMILES string of the molecule is [2H]C([2H])([2H])c1c[n+](C)c(-c2cc(-c3ccccc3)c(C([2H])([2H])[2H])cc2C)cc1C.[2H]C([2H])([2H])c1c[n+](C)c(-c2cc(-c3ccccc3)ccc2C)cc1C.[2H]C([2H])([2H])c1cc(C)c(-c2cccc[n+]2C)cc1-c1ccccc1.[2H]C([2H])([2H])c1ccc(-c2cc(-c3ccccc3)c(C([2H])([2H])[2H])cc2C)[n+](C)c1.[2H]C([2H])([2H])c1ccc(-c2cc(-c3ccccc3)ccc2C)[n+](C)c1. The first-order valence-corrected chi connectivity index (χ1v) is 36.3. The molecule has 10 aromatic carbocycles. The van der Waals surface area contributed by atoms with Gasteiger partial charge in [0, 0.05) is 115 Å². The number of hydrogen-bond donors (Lipinski definition) is 0. The molecule has 0 saturated heterocycles. The molecule has 109 heavy (non-hydrogen) atoms. The minimum absolute atomic E-state index is 0.263. The minimum Gasteiger partial charge on any atom is -0.201 e. The Hall–Kier alpha value is -12.1. The van der Waals surface area contributed by atoms with Crippen molar-refractivity contribution in [1.82, 2.24) is 0 Å². The summed E-state index contributed by atoms with van der Waals surface area (Å²) in [6, 6.07) is 89.7. The Morgan fingerprint density at radius 2 is 0.486 bits per heavy atom. The largest absolute Gasteiger partial charge is 0.212 e. The molecule has 0 spiro atoms. The highest BCUT2D eigenvalue weighted by Crippen LogP contribution is 2.36. The van der Waals surface area contributed by atoms with E-state index in [2.05, 4.69) is 74.5 Å². The van der Waals surface area contributed by atoms with Crippen LogP contribution in [0.4, 0.5) is 0 Å². The molecule has 0 radical (unpaired) electrons. The van der Waals surface area contributed by atoms with Crippen LogP contribution in [0.15, 0.2) is 310 Å². The average Bonchev–Trinajstić information content (AvgIpc) is 0.769. The zero-order valence-electron chi connectivity index (χ0n) is 85.2. The molecule has 0 atom stereocenters. The van der Waals surface area contributed by atoms with Gasteiger partial charge in [-0.1, -0.05) is 194 Å². The molecule has 0 aliphatic heterocycles. The van der Waals surface area contributed by atoms with Gasteiger partial charge in [-0.3, -0.25) is 0 Å². The Morgan fingerprint density at radius 1 is 0.183 bits per heavy atom. The van der Waals surface area contributed by atoms with E-state index in [4.69, 9.17) is 28.8 Å². The van der Waals surface area contributed by atoms with Crippen LogP contribution in [0.25, 0.3) is 112 Å². The highest BCUT2D eigenvalue weighted by molar-refractivity contribution is 5.80. The van der Waals surface area contributed by atoms with Gasteiger partial charge in [0.25, 0.3) is 0 Å². The van der Waals surface area contributed by atoms with Crippen molar-refractivity contribution in [2.75, 3.05) is 0 Å². The maximum Gasteiger partial charge on any atom is 0.212 e. The van der Waals surface area contributed by atoms with E-state index in [1.807, 2.05) is 258 Å². The smallest absolute Gasteiger partial charge is 0.201 e. The van der Waals surface area contributed by atoms with E-state index in [-0.39, 0.29) is 5.56 Å². The molecule has 15 aromatic rings. The van der Waals surface area contributed by atoms with Gasteiger partial charge >= 0.3 is 0 Å². The maximum atomic E-state index is 7.97. The van der Waals surface area contributed by atoms with Crippen molar-refractivity contribution in [3.63, 3.8) is 0 Å². The number of pyridine rings is 5. The molecule has 0 N–H and O–H groups in total. The first-order valence-electron chi connectivity index (χ1n) is 46.8. The molecule has 0 bridgehead atoms. The zero-order valence-corrected chi connectivity index (χ0v) is 64.2. The lowest BCUT2D eigenvalue weighted by atomic mass is 9.93. The molecule has 0 saturated carbocycles. The van der Waals surface area contributed by atoms with E-state index in [9.17, 15) is 0 Å². The van der Waals surface area contributed by atoms with Crippen LogP contribution in [0, 0.1) is 96.4 Å². The molecule has 0 fully saturated rings. The number of aryl methyl sites for hydroxylation is 19. The highest BCUT2D eigenvalue weighted by atomic mass is 14.9. The molecule has 5 nitrogen and oxygen atoms in total. The Morgan fingerprint density at radius 3 is 0.817 bits per heavy atom. The molecule has 5 heteroatoms. The lowest BCUT2D eigenvalue weighted by Crippen LogP contribution is -2.31. The zero-order chi connectivity index (χ0) is 95.1. The van der Waals surface area contributed by atoms with Crippen LogP contribution >= 0.6 is 0 Å². The molecule has 5 aromatic heterocycles. The van der Waals surface area contributed by atoms with Gasteiger partial charge in [0.05, 0.1) is 0 Å². The second-order valence-electron chi connectivity index (χ2n) is 27.8. The highest BCUT2D eigenvalue weighted by Gasteiger charge is 2.21. The fourth-order valence-electron chi connectivity index (χ4n) is 13.5. The maximum absolute atomic E-state index is 7.97. The van der Waals surface area contributed by atoms with E-state index < -0.39 is 48.0 Å². The van der Waals surface area contributed by atoms with Crippen LogP contribution in [0.3, 0.4) is 0 Å². The number of rotatable bonds is 10. The summed E-state index contributed by atoms with van der Waals surface area (Å²) in [6.45, 7) is -1.64. The van der Waals surface area contributed by atoms with Crippen molar-refractivity contribution in [2.45, 2.75) is 96.4 Å². The van der Waals surface area contributed by atoms with Crippen molar-refractivity contribution in [3.8, 4) is 112 Å². The van der Waals surface area contributed by atoms with E-state index in [1.54, 1.807) is 84.3 Å². The lowest BCUT2D eigenvalue weighted by molar-refractivity contribution is -0.660. The van der Waals surface area contributed by atoms with Crippen molar-refractivity contribution in [2.24, 2.45) is 35.2 Å². The summed E-state index contributed by atoms with van der Waals surface area (Å²) in [4.78, 5) is 0. The van der Waals surface area contributed by atoms with Gasteiger partial charge < -0.3 is 0 Å². The second kappa shape index (κ2) is 35.6. The summed E-state index contributed by atoms with van der Waals surface area (Å²) in [6.07, 6.45) is 8.65. The van der Waals surface area contributed by atoms with Gasteiger partial charge in [-0.15, -0.1) is 0 Å². The summed E-state index contributed by atoms with van der Waals surface area (Å²) in [5.74, 6) is 0. The molecule has 0 aliphatic carbocycles. The fraction of sp³-hybridized carbons (Fsp3) is 0.183. The first kappa shape index (κ1) is 54.5. The minimum atomic E-state index is -2.24. The predicted octanol–water partition coefficient (Wildman–Crippen LogP) is 23.5. The van der Waals surface area contributed by atoms with E-state index in [1.165, 1.54) is 11.1 Å². The summed E-state index contributed by atoms with van der Waals surface area (Å²) in [5.41, 5.74) is 27.8. The molecular weight excluding hydrogens is 1320 g/mol. The Balaban J connectivity index is 0.000000157. The third-order valence-electron chi connectivity index (χ3n) is 19.7. The summed E-state index contributed by atoms with van der Waals surface area (Å²) >= 11 is 0. The molecule has 0 aliphatic rings. The van der Waals surface area contributed by atoms with Gasteiger partial charge in [-0.2, -0.15) is 0 Å². The van der Waals surface area contributed by atoms with Crippen LogP contribution in [0.5, 0.6) is 0 Å². The number of benzene rings is 10. The Bertz CT molecular complexity index is 6540. The van der Waals surface area contributed by atoms with Crippen LogP contribution in [0.1, 0.15) is 107 Å². The Kier molecular flexibility index (Phi) is 17.8. The monoisotopic (exact) mass is 1450 g/mol. The summed E-state index contributed by atoms with van der Waals surface area (Å²) in [7, 11) is 9.39. The molecule has 15 rings (SSSR count). The second-order valence-corrected chi connectivity index (χ2v) is 27.8. The van der Waals surface area contributed by atoms with Gasteiger partial charge in [-0.05, 0) is 256 Å². The van der Waals surface area contributed by atoms with Crippen molar-refractivity contribution < 1.29 is 51.6 Å². The fourth-order valence-corrected chi connectivity index (χ4v) is 13.5. The van der Waals surface area contributed by atoms with Gasteiger partial charge in [-0.25, -0.2) is 22.8 Å². The molecular formula is C104H108N5+5. The molecule has 0 unspecified atom stereocenters. The van der Waals surface area contributed by atoms with E-state index >= 15 is 0 Å². The number of hydrogen-bond acceptors (Lipinski definition) is 0. The number of nitrogens with zero attached hydrogens (tertiary/aromatic N) is 5. The quantitative estimate of drug-likeness (QED) is 0.122. The van der Waals surface area contributed by atoms with Crippen molar-refractivity contribution >= 4 is 0 Å². The van der Waals surface area contributed by atoms with Crippen LogP contribution in [-0.4, -0.2) is 0 Å². The van der Waals surface area contributed by atoms with E-state index in [0.717, 1.165) is 123 Å². The number of aromatic nitrogens is 5. The van der Waals surface area contributed by atoms with Crippen molar-refractivity contribution in [1.29, 1.82) is 0 Å².